The van der Waals surface area contributed by atoms with Gasteiger partial charge in [-0.15, -0.1) is 0 Å². The zero-order valence-corrected chi connectivity index (χ0v) is 12.8. The van der Waals surface area contributed by atoms with Crippen LogP contribution in [0.5, 0.6) is 5.75 Å². The number of benzene rings is 1. The molecular formula is C16H28N2O. The molecule has 0 fully saturated rings. The van der Waals surface area contributed by atoms with Gasteiger partial charge in [0.25, 0.3) is 0 Å². The van der Waals surface area contributed by atoms with Crippen molar-refractivity contribution in [2.24, 2.45) is 5.41 Å². The molecule has 0 saturated heterocycles. The summed E-state index contributed by atoms with van der Waals surface area (Å²) in [5, 5.41) is 3.45. The van der Waals surface area contributed by atoms with E-state index in [9.17, 15) is 0 Å². The molecule has 0 aliphatic carbocycles. The minimum absolute atomic E-state index is 0.282. The van der Waals surface area contributed by atoms with Gasteiger partial charge in [-0.2, -0.15) is 0 Å². The van der Waals surface area contributed by atoms with Gasteiger partial charge in [-0.05, 0) is 24.0 Å². The Morgan fingerprint density at radius 3 is 2.63 bits per heavy atom. The lowest BCUT2D eigenvalue weighted by atomic mass is 9.87. The molecule has 0 amide bonds. The maximum Gasteiger partial charge on any atom is 0.143 e. The SMILES string of the molecule is CCCCCC(C)(C)CNc1cccc(OC)c1N. The van der Waals surface area contributed by atoms with E-state index >= 15 is 0 Å². The molecule has 0 aromatic heterocycles. The maximum atomic E-state index is 6.06. The fraction of sp³-hybridized carbons (Fsp3) is 0.625. The van der Waals surface area contributed by atoms with Crippen molar-refractivity contribution in [3.63, 3.8) is 0 Å². The van der Waals surface area contributed by atoms with Gasteiger partial charge >= 0.3 is 0 Å². The van der Waals surface area contributed by atoms with Gasteiger partial charge in [-0.3, -0.25) is 0 Å². The van der Waals surface area contributed by atoms with Crippen LogP contribution in [0.15, 0.2) is 18.2 Å². The zero-order valence-electron chi connectivity index (χ0n) is 12.8. The molecule has 0 atom stereocenters. The molecule has 0 spiro atoms. The van der Waals surface area contributed by atoms with E-state index in [4.69, 9.17) is 10.5 Å². The first-order valence-corrected chi connectivity index (χ1v) is 7.16. The normalized spacial score (nSPS) is 11.4. The fourth-order valence-electron chi connectivity index (χ4n) is 2.15. The summed E-state index contributed by atoms with van der Waals surface area (Å²) < 4.78 is 5.23. The molecule has 0 bridgehead atoms. The first-order chi connectivity index (χ1) is 9.00. The Morgan fingerprint density at radius 2 is 2.00 bits per heavy atom. The van der Waals surface area contributed by atoms with Crippen molar-refractivity contribution in [3.05, 3.63) is 18.2 Å². The third-order valence-corrected chi connectivity index (χ3v) is 3.50. The van der Waals surface area contributed by atoms with Crippen molar-refractivity contribution in [3.8, 4) is 5.75 Å². The Morgan fingerprint density at radius 1 is 1.26 bits per heavy atom. The van der Waals surface area contributed by atoms with E-state index in [1.807, 2.05) is 18.2 Å². The highest BCUT2D eigenvalue weighted by atomic mass is 16.5. The number of methoxy groups -OCH3 is 1. The van der Waals surface area contributed by atoms with Crippen LogP contribution in [-0.4, -0.2) is 13.7 Å². The van der Waals surface area contributed by atoms with Crippen LogP contribution in [0.1, 0.15) is 46.5 Å². The quantitative estimate of drug-likeness (QED) is 0.543. The monoisotopic (exact) mass is 264 g/mol. The minimum atomic E-state index is 0.282. The van der Waals surface area contributed by atoms with Crippen LogP contribution in [-0.2, 0) is 0 Å². The molecule has 0 saturated carbocycles. The number of hydrogen-bond donors (Lipinski definition) is 2. The topological polar surface area (TPSA) is 47.3 Å². The molecule has 1 aromatic rings. The third kappa shape index (κ3) is 5.01. The second-order valence-electron chi connectivity index (χ2n) is 5.90. The average Bonchev–Trinajstić information content (AvgIpc) is 2.38. The first kappa shape index (κ1) is 15.7. The molecule has 0 aliphatic heterocycles. The van der Waals surface area contributed by atoms with Crippen LogP contribution in [0, 0.1) is 5.41 Å². The van der Waals surface area contributed by atoms with Gasteiger partial charge < -0.3 is 15.8 Å². The Labute approximate surface area is 117 Å². The van der Waals surface area contributed by atoms with Gasteiger partial charge in [0.1, 0.15) is 5.75 Å². The molecule has 108 valence electrons. The van der Waals surface area contributed by atoms with Crippen molar-refractivity contribution in [1.82, 2.24) is 0 Å². The highest BCUT2D eigenvalue weighted by Crippen LogP contribution is 2.31. The molecule has 19 heavy (non-hydrogen) atoms. The highest BCUT2D eigenvalue weighted by molar-refractivity contribution is 5.72. The van der Waals surface area contributed by atoms with E-state index in [-0.39, 0.29) is 5.41 Å². The number of rotatable bonds is 8. The van der Waals surface area contributed by atoms with E-state index < -0.39 is 0 Å². The van der Waals surface area contributed by atoms with Gasteiger partial charge in [0.15, 0.2) is 0 Å². The highest BCUT2D eigenvalue weighted by Gasteiger charge is 2.17. The van der Waals surface area contributed by atoms with E-state index in [0.29, 0.717) is 5.69 Å². The predicted octanol–water partition coefficient (Wildman–Crippen LogP) is 4.30. The summed E-state index contributed by atoms with van der Waals surface area (Å²) in [6.45, 7) is 7.76. The largest absolute Gasteiger partial charge is 0.495 e. The van der Waals surface area contributed by atoms with Crippen LogP contribution < -0.4 is 15.8 Å². The van der Waals surface area contributed by atoms with E-state index in [1.165, 1.54) is 25.7 Å². The van der Waals surface area contributed by atoms with Crippen molar-refractivity contribution in [2.75, 3.05) is 24.7 Å². The minimum Gasteiger partial charge on any atom is -0.495 e. The molecule has 3 nitrogen and oxygen atoms in total. The average molecular weight is 264 g/mol. The molecule has 0 radical (unpaired) electrons. The lowest BCUT2D eigenvalue weighted by Crippen LogP contribution is -2.23. The van der Waals surface area contributed by atoms with Gasteiger partial charge in [0, 0.05) is 6.54 Å². The van der Waals surface area contributed by atoms with Crippen molar-refractivity contribution in [1.29, 1.82) is 0 Å². The van der Waals surface area contributed by atoms with Gasteiger partial charge in [0.05, 0.1) is 18.5 Å². The molecule has 1 rings (SSSR count). The molecule has 0 heterocycles. The molecule has 3 N–H and O–H groups in total. The Balaban J connectivity index is 2.56. The summed E-state index contributed by atoms with van der Waals surface area (Å²) in [7, 11) is 1.64. The Hall–Kier alpha value is -1.38. The summed E-state index contributed by atoms with van der Waals surface area (Å²) in [4.78, 5) is 0. The standard InChI is InChI=1S/C16H28N2O/c1-5-6-7-11-16(2,3)12-18-13-9-8-10-14(19-4)15(13)17/h8-10,18H,5-7,11-12,17H2,1-4H3. The molecular weight excluding hydrogens is 236 g/mol. The van der Waals surface area contributed by atoms with Gasteiger partial charge in [-0.25, -0.2) is 0 Å². The molecule has 0 unspecified atom stereocenters. The number of nitrogen functional groups attached to an aromatic ring is 1. The van der Waals surface area contributed by atoms with Gasteiger partial charge in [-0.1, -0.05) is 46.1 Å². The number of unbranched alkanes of at least 4 members (excludes halogenated alkanes) is 2. The summed E-state index contributed by atoms with van der Waals surface area (Å²) in [6, 6.07) is 5.84. The number of nitrogens with two attached hydrogens (primary N) is 1. The summed E-state index contributed by atoms with van der Waals surface area (Å²) in [6.07, 6.45) is 5.10. The number of nitrogens with one attached hydrogen (secondary N) is 1. The van der Waals surface area contributed by atoms with Crippen molar-refractivity contribution < 1.29 is 4.74 Å². The van der Waals surface area contributed by atoms with Crippen molar-refractivity contribution >= 4 is 11.4 Å². The van der Waals surface area contributed by atoms with Crippen LogP contribution >= 0.6 is 0 Å². The van der Waals surface area contributed by atoms with Crippen LogP contribution in [0.3, 0.4) is 0 Å². The molecule has 1 aromatic carbocycles. The second-order valence-corrected chi connectivity index (χ2v) is 5.90. The van der Waals surface area contributed by atoms with E-state index in [0.717, 1.165) is 18.0 Å². The van der Waals surface area contributed by atoms with Crippen LogP contribution in [0.4, 0.5) is 11.4 Å². The Bertz CT molecular complexity index is 388. The zero-order chi connectivity index (χ0) is 14.3. The number of hydrogen-bond acceptors (Lipinski definition) is 3. The summed E-state index contributed by atoms with van der Waals surface area (Å²) in [5.74, 6) is 0.730. The summed E-state index contributed by atoms with van der Waals surface area (Å²) >= 11 is 0. The van der Waals surface area contributed by atoms with E-state index in [1.54, 1.807) is 7.11 Å². The lowest BCUT2D eigenvalue weighted by Gasteiger charge is -2.26. The predicted molar refractivity (Wildman–Crippen MR) is 83.8 cm³/mol. The molecule has 0 aliphatic rings. The molecule has 3 heteroatoms. The number of para-hydroxylation sites is 1. The van der Waals surface area contributed by atoms with Crippen LogP contribution in [0.2, 0.25) is 0 Å². The Kier molecular flexibility index (Phi) is 6.00. The summed E-state index contributed by atoms with van der Waals surface area (Å²) in [5.41, 5.74) is 7.99. The van der Waals surface area contributed by atoms with E-state index in [2.05, 4.69) is 26.1 Å². The smallest absolute Gasteiger partial charge is 0.143 e. The fourth-order valence-corrected chi connectivity index (χ4v) is 2.15. The second kappa shape index (κ2) is 7.27. The van der Waals surface area contributed by atoms with Crippen molar-refractivity contribution in [2.45, 2.75) is 46.5 Å². The van der Waals surface area contributed by atoms with Gasteiger partial charge in [0.2, 0.25) is 0 Å². The first-order valence-electron chi connectivity index (χ1n) is 7.16. The third-order valence-electron chi connectivity index (χ3n) is 3.50. The van der Waals surface area contributed by atoms with Crippen LogP contribution in [0.25, 0.3) is 0 Å². The number of ether oxygens (including phenoxy) is 1. The lowest BCUT2D eigenvalue weighted by molar-refractivity contribution is 0.342. The number of anilines is 2. The maximum absolute atomic E-state index is 6.06.